The maximum atomic E-state index is 14.9. The number of carbonyl (C=O) groups is 1. The van der Waals surface area contributed by atoms with Crippen molar-refractivity contribution in [3.8, 4) is 17.4 Å². The van der Waals surface area contributed by atoms with Crippen LogP contribution in [0, 0.1) is 21.4 Å². The zero-order chi connectivity index (χ0) is 61.2. The average molecular weight is 1240 g/mol. The van der Waals surface area contributed by atoms with Gasteiger partial charge in [0.1, 0.15) is 28.9 Å². The van der Waals surface area contributed by atoms with Gasteiger partial charge in [-0.25, -0.2) is 18.1 Å². The van der Waals surface area contributed by atoms with E-state index < -0.39 is 43.1 Å². The third kappa shape index (κ3) is 11.8. The Labute approximate surface area is 519 Å². The number of hydrogen-bond donors (Lipinski definition) is 4. The fraction of sp³-hybridized carbons (Fsp3) is 0.530. The van der Waals surface area contributed by atoms with Gasteiger partial charge >= 0.3 is 0 Å². The van der Waals surface area contributed by atoms with Crippen LogP contribution < -0.4 is 38.9 Å². The highest BCUT2D eigenvalue weighted by molar-refractivity contribution is 7.90. The van der Waals surface area contributed by atoms with E-state index in [0.29, 0.717) is 81.2 Å². The van der Waals surface area contributed by atoms with Crippen LogP contribution in [-0.4, -0.2) is 164 Å². The van der Waals surface area contributed by atoms with Gasteiger partial charge in [-0.05, 0) is 144 Å². The molecule has 0 bridgehead atoms. The smallest absolute Gasteiger partial charge is 0.293 e. The molecule has 6 aromatic rings. The summed E-state index contributed by atoms with van der Waals surface area (Å²) >= 11 is 0. The molecule has 3 aromatic heterocycles. The number of fused-ring (bicyclic) bond motifs is 4. The molecule has 472 valence electrons. The first-order valence-corrected chi connectivity index (χ1v) is 33.5. The fourth-order valence-corrected chi connectivity index (χ4v) is 16.4. The lowest BCUT2D eigenvalue weighted by Gasteiger charge is -2.59. The summed E-state index contributed by atoms with van der Waals surface area (Å²) in [7, 11) is -4.66. The lowest BCUT2D eigenvalue weighted by atomic mass is 9.59. The molecular weight excluding hydrogens is 1150 g/mol. The van der Waals surface area contributed by atoms with Crippen LogP contribution in [0.3, 0.4) is 0 Å². The number of carbonyl (C=O) groups excluding carboxylic acids is 1. The SMILES string of the molecule is CC(C)Oc1ccccc1[C@H]1CN([C@@H]2CCOc3c2ccnc3N2CCOCC2)CCN1C1CC2(CCN(c3ccc(C(=O)NS(=O)(=O)c4ccc(NC[C@H]5CC[C@](C)(O)CC5)c([N+](=O)[O-])c4)c(N4c5cc6cc[nH]c6nc5O[C@H]5COCC[C@@H]54)c3)CC2)C1. The largest absolute Gasteiger partial charge is 0.491 e. The van der Waals surface area contributed by atoms with Gasteiger partial charge in [-0.2, -0.15) is 4.98 Å². The van der Waals surface area contributed by atoms with Crippen molar-refractivity contribution in [2.45, 2.75) is 132 Å². The first-order valence-electron chi connectivity index (χ1n) is 32.0. The number of aromatic nitrogens is 3. The molecule has 14 rings (SSSR count). The molecular formula is C66H81N11O11S. The van der Waals surface area contributed by atoms with E-state index in [2.05, 4.69) is 83.7 Å². The van der Waals surface area contributed by atoms with Gasteiger partial charge in [0.25, 0.3) is 21.6 Å². The molecule has 23 heteroatoms. The molecule has 4 N–H and O–H groups in total. The zero-order valence-corrected chi connectivity index (χ0v) is 51.8. The minimum absolute atomic E-state index is 0.0234. The Hall–Kier alpha value is -7.28. The Bertz CT molecular complexity index is 3720. The lowest BCUT2D eigenvalue weighted by molar-refractivity contribution is -0.384. The summed E-state index contributed by atoms with van der Waals surface area (Å²) in [4.78, 5) is 51.5. The number of ether oxygens (including phenoxy) is 5. The number of amides is 1. The lowest BCUT2D eigenvalue weighted by Crippen LogP contribution is -2.60. The van der Waals surface area contributed by atoms with Gasteiger partial charge < -0.3 is 53.8 Å². The van der Waals surface area contributed by atoms with Crippen LogP contribution in [-0.2, 0) is 19.5 Å². The minimum atomic E-state index is -4.66. The Morgan fingerprint density at radius 3 is 2.47 bits per heavy atom. The van der Waals surface area contributed by atoms with Crippen molar-refractivity contribution < 1.29 is 46.9 Å². The highest BCUT2D eigenvalue weighted by atomic mass is 32.2. The third-order valence-electron chi connectivity index (χ3n) is 20.3. The molecule has 6 aliphatic heterocycles. The van der Waals surface area contributed by atoms with E-state index in [-0.39, 0.29) is 53.4 Å². The van der Waals surface area contributed by atoms with Gasteiger partial charge in [0.15, 0.2) is 11.6 Å². The molecule has 2 aliphatic carbocycles. The molecule has 6 fully saturated rings. The standard InChI is InChI=1S/C66H81N11O11S/c1-42(2)87-58-7-5-4-6-48(58)57-40-74(52-17-31-86-60-49(52)15-23-68-62(60)73-28-32-84-33-29-73)26-27-75(57)46-37-66(38-46)20-24-72(25-21-66)45-8-10-50(54(35-45)76-53-16-30-85-41-59(53)88-64-56(76)34-44-14-22-67-61(44)70-64)63(78)71-89(82,83)47-9-11-51(55(36-47)77(80)81)69-39-43-12-18-65(3,79)19-13-43/h4-11,14-15,22-23,34-36,42-43,46,52-53,57,59,69,79H,12-13,16-21,24-33,37-41H2,1-3H3,(H,67,70)(H,71,78)/t43-,52-,53+,57-,59+,65-/m1/s1. The number of morpholine rings is 1. The predicted octanol–water partition coefficient (Wildman–Crippen LogP) is 9.28. The normalized spacial score (nSPS) is 25.7. The van der Waals surface area contributed by atoms with Gasteiger partial charge in [-0.1, -0.05) is 18.2 Å². The highest BCUT2D eigenvalue weighted by Gasteiger charge is 2.51. The molecule has 3 aromatic carbocycles. The van der Waals surface area contributed by atoms with Crippen molar-refractivity contribution >= 4 is 61.2 Å². The number of anilines is 5. The second kappa shape index (κ2) is 24.2. The number of nitrogens with one attached hydrogen (secondary N) is 3. The molecule has 8 aliphatic rings. The Morgan fingerprint density at radius 2 is 1.67 bits per heavy atom. The fourth-order valence-electron chi connectivity index (χ4n) is 15.5. The first-order chi connectivity index (χ1) is 43.1. The number of piperazine rings is 1. The van der Waals surface area contributed by atoms with E-state index in [9.17, 15) is 28.4 Å². The Balaban J connectivity index is 0.719. The van der Waals surface area contributed by atoms with E-state index in [4.69, 9.17) is 33.7 Å². The minimum Gasteiger partial charge on any atom is -0.491 e. The monoisotopic (exact) mass is 1240 g/mol. The van der Waals surface area contributed by atoms with Crippen LogP contribution in [0.1, 0.15) is 119 Å². The summed E-state index contributed by atoms with van der Waals surface area (Å²) in [6.45, 7) is 15.0. The van der Waals surface area contributed by atoms with E-state index >= 15 is 0 Å². The van der Waals surface area contributed by atoms with Crippen molar-refractivity contribution in [3.63, 3.8) is 0 Å². The number of aliphatic hydroxyl groups is 1. The summed E-state index contributed by atoms with van der Waals surface area (Å²) in [6, 6.07) is 24.3. The van der Waals surface area contributed by atoms with Crippen molar-refractivity contribution in [2.24, 2.45) is 11.3 Å². The number of para-hydroxylation sites is 1. The number of nitro groups is 1. The molecule has 4 atom stereocenters. The van der Waals surface area contributed by atoms with Crippen molar-refractivity contribution in [2.75, 3.05) is 105 Å². The van der Waals surface area contributed by atoms with E-state index in [1.165, 1.54) is 23.3 Å². The quantitative estimate of drug-likeness (QED) is 0.0553. The molecule has 1 amide bonds. The first kappa shape index (κ1) is 59.3. The van der Waals surface area contributed by atoms with Crippen LogP contribution in [0.25, 0.3) is 11.0 Å². The number of nitrogens with zero attached hydrogens (tertiary/aromatic N) is 8. The molecule has 4 saturated heterocycles. The van der Waals surface area contributed by atoms with Crippen LogP contribution in [0.15, 0.2) is 96.2 Å². The number of rotatable bonds is 15. The predicted molar refractivity (Wildman–Crippen MR) is 337 cm³/mol. The number of H-pyrrole nitrogens is 1. The number of nitro benzene ring substituents is 1. The number of aromatic amines is 1. The molecule has 1 spiro atoms. The van der Waals surface area contributed by atoms with E-state index in [1.807, 2.05) is 43.6 Å². The number of piperidine rings is 1. The maximum absolute atomic E-state index is 14.9. The molecule has 0 radical (unpaired) electrons. The maximum Gasteiger partial charge on any atom is 0.293 e. The van der Waals surface area contributed by atoms with Crippen LogP contribution >= 0.6 is 0 Å². The second-order valence-corrected chi connectivity index (χ2v) is 28.1. The summed E-state index contributed by atoms with van der Waals surface area (Å²) in [5.74, 6) is 2.41. The van der Waals surface area contributed by atoms with Gasteiger partial charge in [-0.15, -0.1) is 0 Å². The van der Waals surface area contributed by atoms with Gasteiger partial charge in [-0.3, -0.25) is 24.7 Å². The summed E-state index contributed by atoms with van der Waals surface area (Å²) < 4.78 is 62.3. The van der Waals surface area contributed by atoms with Gasteiger partial charge in [0, 0.05) is 118 Å². The zero-order valence-electron chi connectivity index (χ0n) is 51.0. The molecule has 2 saturated carbocycles. The summed E-state index contributed by atoms with van der Waals surface area (Å²) in [5, 5.41) is 27.0. The number of sulfonamides is 1. The topological polar surface area (TPSA) is 243 Å². The van der Waals surface area contributed by atoms with Crippen molar-refractivity contribution in [1.29, 1.82) is 0 Å². The van der Waals surface area contributed by atoms with E-state index in [1.54, 1.807) is 6.07 Å². The Morgan fingerprint density at radius 1 is 0.865 bits per heavy atom. The summed E-state index contributed by atoms with van der Waals surface area (Å²) in [5.41, 5.74) is 4.36. The number of pyridine rings is 2. The molecule has 22 nitrogen and oxygen atoms in total. The average Bonchev–Trinajstić information content (AvgIpc) is 1.37. The van der Waals surface area contributed by atoms with Gasteiger partial charge in [0.2, 0.25) is 5.88 Å². The molecule has 9 heterocycles. The summed E-state index contributed by atoms with van der Waals surface area (Å²) in [6.07, 6.45) is 11.7. The van der Waals surface area contributed by atoms with E-state index in [0.717, 1.165) is 125 Å². The van der Waals surface area contributed by atoms with Gasteiger partial charge in [0.05, 0.1) is 71.3 Å². The number of benzene rings is 3. The Kier molecular flexibility index (Phi) is 16.1. The number of hydrogen-bond acceptors (Lipinski definition) is 19. The van der Waals surface area contributed by atoms with Crippen LogP contribution in [0.5, 0.6) is 17.4 Å². The van der Waals surface area contributed by atoms with Crippen LogP contribution in [0.4, 0.5) is 34.3 Å². The molecule has 0 unspecified atom stereocenters. The highest BCUT2D eigenvalue weighted by Crippen LogP contribution is 2.55. The van der Waals surface area contributed by atoms with Crippen molar-refractivity contribution in [3.05, 3.63) is 118 Å². The second-order valence-electron chi connectivity index (χ2n) is 26.4. The molecule has 89 heavy (non-hydrogen) atoms. The third-order valence-corrected chi connectivity index (χ3v) is 21.6. The van der Waals surface area contributed by atoms with Crippen LogP contribution in [0.2, 0.25) is 0 Å². The van der Waals surface area contributed by atoms with Crippen molar-refractivity contribution in [1.82, 2.24) is 29.5 Å².